The Bertz CT molecular complexity index is 663. The van der Waals surface area contributed by atoms with Gasteiger partial charge in [0, 0.05) is 0 Å². The molecule has 0 N–H and O–H groups in total. The third kappa shape index (κ3) is 24.2. The van der Waals surface area contributed by atoms with Gasteiger partial charge in [-0.25, -0.2) is 0 Å². The third-order valence-corrected chi connectivity index (χ3v) is 7.87. The molecule has 0 fully saturated rings. The Labute approximate surface area is 269 Å². The first-order chi connectivity index (χ1) is 21.4. The van der Waals surface area contributed by atoms with E-state index in [1.54, 1.807) is 0 Å². The molecule has 0 spiro atoms. The van der Waals surface area contributed by atoms with E-state index < -0.39 is 35.7 Å². The van der Waals surface area contributed by atoms with E-state index in [9.17, 15) is 19.2 Å². The van der Waals surface area contributed by atoms with Crippen molar-refractivity contribution >= 4 is 23.9 Å². The van der Waals surface area contributed by atoms with Crippen LogP contribution >= 0.6 is 0 Å². The lowest BCUT2D eigenvalue weighted by Gasteiger charge is -2.23. The molecule has 0 heterocycles. The summed E-state index contributed by atoms with van der Waals surface area (Å²) in [6.45, 7) is 9.47. The smallest absolute Gasteiger partial charge is 0.310 e. The summed E-state index contributed by atoms with van der Waals surface area (Å²) in [6.07, 6.45) is 19.2. The highest BCUT2D eigenvalue weighted by Gasteiger charge is 2.40. The average Bonchev–Trinajstić information content (AvgIpc) is 3.01. The summed E-state index contributed by atoms with van der Waals surface area (Å²) in [5.41, 5.74) is 0. The van der Waals surface area contributed by atoms with E-state index in [1.165, 1.54) is 0 Å². The minimum atomic E-state index is -1.18. The van der Waals surface area contributed by atoms with Crippen molar-refractivity contribution in [2.75, 3.05) is 26.4 Å². The quantitative estimate of drug-likeness (QED) is 0.0426. The van der Waals surface area contributed by atoms with E-state index in [1.807, 2.05) is 0 Å². The fourth-order valence-corrected chi connectivity index (χ4v) is 5.01. The van der Waals surface area contributed by atoms with Crippen LogP contribution in [-0.4, -0.2) is 50.3 Å². The van der Waals surface area contributed by atoms with Crippen molar-refractivity contribution in [2.45, 2.75) is 169 Å². The van der Waals surface area contributed by atoms with Gasteiger partial charge >= 0.3 is 23.9 Å². The number of rotatable bonds is 31. The van der Waals surface area contributed by atoms with Crippen LogP contribution in [0.2, 0.25) is 0 Å². The Hall–Kier alpha value is -2.12. The molecular formula is C36H66O8. The van der Waals surface area contributed by atoms with Crippen LogP contribution < -0.4 is 0 Å². The van der Waals surface area contributed by atoms with Crippen LogP contribution in [0, 0.1) is 11.8 Å². The maximum atomic E-state index is 13.4. The van der Waals surface area contributed by atoms with E-state index in [0.29, 0.717) is 12.8 Å². The lowest BCUT2D eigenvalue weighted by atomic mass is 9.86. The Morgan fingerprint density at radius 2 is 0.614 bits per heavy atom. The van der Waals surface area contributed by atoms with Gasteiger partial charge in [-0.3, -0.25) is 19.2 Å². The van der Waals surface area contributed by atoms with E-state index in [-0.39, 0.29) is 39.3 Å². The van der Waals surface area contributed by atoms with Crippen molar-refractivity contribution in [3.8, 4) is 0 Å². The van der Waals surface area contributed by atoms with Crippen molar-refractivity contribution in [3.05, 3.63) is 0 Å². The van der Waals surface area contributed by atoms with Crippen molar-refractivity contribution in [2.24, 2.45) is 11.8 Å². The van der Waals surface area contributed by atoms with Crippen molar-refractivity contribution < 1.29 is 38.1 Å². The van der Waals surface area contributed by atoms with Crippen LogP contribution in [0.15, 0.2) is 0 Å². The predicted molar refractivity (Wildman–Crippen MR) is 175 cm³/mol. The first kappa shape index (κ1) is 41.9. The number of carbonyl (C=O) groups excluding carboxylic acids is 4. The summed E-state index contributed by atoms with van der Waals surface area (Å²) in [5.74, 6) is -4.85. The average molecular weight is 627 g/mol. The number of esters is 4. The molecule has 0 aromatic rings. The molecule has 0 saturated heterocycles. The molecule has 44 heavy (non-hydrogen) atoms. The zero-order valence-electron chi connectivity index (χ0n) is 28.8. The zero-order chi connectivity index (χ0) is 32.7. The molecule has 8 heteroatoms. The Kier molecular flexibility index (Phi) is 29.4. The fraction of sp³-hybridized carbons (Fsp3) is 0.889. The minimum Gasteiger partial charge on any atom is -0.466 e. The molecule has 0 saturated carbocycles. The van der Waals surface area contributed by atoms with Crippen LogP contribution in [0.3, 0.4) is 0 Å². The van der Waals surface area contributed by atoms with Gasteiger partial charge in [0.2, 0.25) is 0 Å². The van der Waals surface area contributed by atoms with Crippen molar-refractivity contribution in [1.29, 1.82) is 0 Å². The molecule has 0 amide bonds. The molecule has 8 nitrogen and oxygen atoms in total. The van der Waals surface area contributed by atoms with E-state index in [2.05, 4.69) is 27.7 Å². The standard InChI is InChI=1S/C36H66O8/c1-5-9-13-17-21-25-41-33(37)29-31(35(39)43-27-23-19-15-11-7-3)32(36(40)44-28-24-20-16-12-8-4)30-34(38)42-26-22-18-14-10-6-2/h31-32H,5-30H2,1-4H3. The van der Waals surface area contributed by atoms with E-state index in [0.717, 1.165) is 116 Å². The normalized spacial score (nSPS) is 12.4. The Balaban J connectivity index is 5.50. The first-order valence-electron chi connectivity index (χ1n) is 18.1. The number of hydrogen-bond donors (Lipinski definition) is 0. The van der Waals surface area contributed by atoms with Crippen LogP contribution in [0.5, 0.6) is 0 Å². The summed E-state index contributed by atoms with van der Waals surface area (Å²) in [4.78, 5) is 52.5. The predicted octanol–water partition coefficient (Wildman–Crippen LogP) is 9.05. The second-order valence-electron chi connectivity index (χ2n) is 12.1. The van der Waals surface area contributed by atoms with Gasteiger partial charge < -0.3 is 18.9 Å². The molecule has 0 aliphatic rings. The Morgan fingerprint density at radius 1 is 0.364 bits per heavy atom. The van der Waals surface area contributed by atoms with Gasteiger partial charge in [-0.15, -0.1) is 0 Å². The number of ether oxygens (including phenoxy) is 4. The maximum absolute atomic E-state index is 13.4. The van der Waals surface area contributed by atoms with Crippen molar-refractivity contribution in [1.82, 2.24) is 0 Å². The number of hydrogen-bond acceptors (Lipinski definition) is 8. The van der Waals surface area contributed by atoms with Gasteiger partial charge in [0.1, 0.15) is 0 Å². The van der Waals surface area contributed by atoms with Crippen LogP contribution in [0.4, 0.5) is 0 Å². The molecule has 2 unspecified atom stereocenters. The lowest BCUT2D eigenvalue weighted by molar-refractivity contribution is -0.167. The second kappa shape index (κ2) is 30.9. The highest BCUT2D eigenvalue weighted by molar-refractivity contribution is 5.88. The monoisotopic (exact) mass is 626 g/mol. The van der Waals surface area contributed by atoms with Gasteiger partial charge in [-0.1, -0.05) is 130 Å². The molecule has 0 rings (SSSR count). The summed E-state index contributed by atoms with van der Waals surface area (Å²) >= 11 is 0. The van der Waals surface area contributed by atoms with Gasteiger partial charge in [0.15, 0.2) is 0 Å². The van der Waals surface area contributed by atoms with Gasteiger partial charge in [0.25, 0.3) is 0 Å². The minimum absolute atomic E-state index is 0.201. The summed E-state index contributed by atoms with van der Waals surface area (Å²) in [7, 11) is 0. The highest BCUT2D eigenvalue weighted by Crippen LogP contribution is 2.25. The second-order valence-corrected chi connectivity index (χ2v) is 12.1. The molecule has 0 aliphatic heterocycles. The van der Waals surface area contributed by atoms with E-state index >= 15 is 0 Å². The lowest BCUT2D eigenvalue weighted by Crippen LogP contribution is -2.36. The molecular weight excluding hydrogens is 560 g/mol. The molecule has 0 radical (unpaired) electrons. The number of carbonyl (C=O) groups is 4. The molecule has 0 aromatic carbocycles. The summed E-state index contributed by atoms with van der Waals surface area (Å²) in [5, 5.41) is 0. The van der Waals surface area contributed by atoms with E-state index in [4.69, 9.17) is 18.9 Å². The molecule has 0 aliphatic carbocycles. The first-order valence-corrected chi connectivity index (χ1v) is 18.1. The summed E-state index contributed by atoms with van der Waals surface area (Å²) in [6, 6.07) is 0. The molecule has 0 aromatic heterocycles. The fourth-order valence-electron chi connectivity index (χ4n) is 5.01. The molecule has 258 valence electrons. The zero-order valence-corrected chi connectivity index (χ0v) is 28.8. The van der Waals surface area contributed by atoms with Gasteiger partial charge in [-0.05, 0) is 25.7 Å². The highest BCUT2D eigenvalue weighted by atomic mass is 16.6. The maximum Gasteiger partial charge on any atom is 0.310 e. The van der Waals surface area contributed by atoms with Crippen LogP contribution in [0.1, 0.15) is 169 Å². The summed E-state index contributed by atoms with van der Waals surface area (Å²) < 4.78 is 22.0. The third-order valence-electron chi connectivity index (χ3n) is 7.87. The SMILES string of the molecule is CCCCCCCOC(=O)CC(C(=O)OCCCCCCC)C(CC(=O)OCCCCCCC)C(=O)OCCCCCCC. The Morgan fingerprint density at radius 3 is 0.886 bits per heavy atom. The molecule has 2 atom stereocenters. The van der Waals surface area contributed by atoms with Crippen molar-refractivity contribution in [3.63, 3.8) is 0 Å². The molecule has 0 bridgehead atoms. The largest absolute Gasteiger partial charge is 0.466 e. The van der Waals surface area contributed by atoms with Gasteiger partial charge in [0.05, 0.1) is 51.1 Å². The van der Waals surface area contributed by atoms with Gasteiger partial charge in [-0.2, -0.15) is 0 Å². The van der Waals surface area contributed by atoms with Crippen LogP contribution in [-0.2, 0) is 38.1 Å². The number of unbranched alkanes of at least 4 members (excludes halogenated alkanes) is 16. The van der Waals surface area contributed by atoms with Crippen LogP contribution in [0.25, 0.3) is 0 Å². The topological polar surface area (TPSA) is 105 Å².